The van der Waals surface area contributed by atoms with Gasteiger partial charge >= 0.3 is 23.9 Å². The Morgan fingerprint density at radius 2 is 0.551 bits per heavy atom. The van der Waals surface area contributed by atoms with Crippen LogP contribution >= 0.6 is 0 Å². The molecule has 0 aromatic heterocycles. The van der Waals surface area contributed by atoms with Crippen molar-refractivity contribution in [3.05, 3.63) is 48.6 Å². The average molecular weight is 1940 g/mol. The van der Waals surface area contributed by atoms with E-state index in [0.717, 1.165) is 180 Å². The molecule has 6 aliphatic heterocycles. The van der Waals surface area contributed by atoms with Gasteiger partial charge in [-0.25, -0.2) is 0 Å². The van der Waals surface area contributed by atoms with E-state index in [1.54, 1.807) is 0 Å². The highest BCUT2D eigenvalue weighted by Crippen LogP contribution is 2.36. The maximum Gasteiger partial charge on any atom is 0.303 e. The number of rotatable bonds is 78. The number of carbonyl (C=O) groups is 8. The number of nitrogens with zero attached hydrogens (tertiary/aromatic N) is 2. The number of hydrogen-bond acceptors (Lipinski definition) is 23. The maximum absolute atomic E-state index is 13.2. The highest BCUT2D eigenvalue weighted by atomic mass is 16.7. The SMILES string of the molecule is C.C.C.CCCCCC1OC1CC=CCCCCCCCC(=O)NC[N+](C)(CCC[C@H]1OC(CO)[C@@H](O)[C@@H](O)C1O)CNC(=O)CCCCCCCC=CCC1OC1CCCCC.CCCCCC1OC1CC=CCCCCCCCC(=O)NC[N+](C)(CCC[C@H]1OC(COC(C)=O)[C@@H](OC(C)=O)[C@H](OC(C)=O)C1OC(C)=O)CNC(=O)CCCCCCCC=CCC1OC1CCCCC.[OH-]. The molecule has 4 amide bonds. The summed E-state index contributed by atoms with van der Waals surface area (Å²) in [6.45, 7) is 15.2. The largest absolute Gasteiger partial charge is 0.870 e. The molecule has 0 aromatic carbocycles. The smallest absolute Gasteiger partial charge is 0.303 e. The Morgan fingerprint density at radius 3 is 0.846 bits per heavy atom. The molecule has 6 saturated heterocycles. The minimum absolute atomic E-state index is 0. The molecule has 0 aliphatic carbocycles. The molecule has 792 valence electrons. The van der Waals surface area contributed by atoms with E-state index in [4.69, 9.17) is 47.4 Å². The van der Waals surface area contributed by atoms with Crippen LogP contribution in [0.1, 0.15) is 412 Å². The summed E-state index contributed by atoms with van der Waals surface area (Å²) in [5, 5.41) is 53.0. The van der Waals surface area contributed by atoms with Gasteiger partial charge < -0.3 is 94.5 Å². The lowest BCUT2D eigenvalue weighted by molar-refractivity contribution is -0.913. The summed E-state index contributed by atoms with van der Waals surface area (Å²) in [4.78, 5) is 101. The number of carbonyl (C=O) groups excluding carboxylic acids is 8. The van der Waals surface area contributed by atoms with E-state index in [-0.39, 0.29) is 82.2 Å². The summed E-state index contributed by atoms with van der Waals surface area (Å²) in [5.41, 5.74) is 0. The Kier molecular flexibility index (Phi) is 72.5. The van der Waals surface area contributed by atoms with Crippen molar-refractivity contribution in [3.8, 4) is 0 Å². The van der Waals surface area contributed by atoms with Crippen molar-refractivity contribution < 1.29 is 121 Å². The molecule has 29 nitrogen and oxygen atoms in total. The third kappa shape index (κ3) is 59.2. The molecule has 136 heavy (non-hydrogen) atoms. The zero-order valence-electron chi connectivity index (χ0n) is 83.9. The fourth-order valence-corrected chi connectivity index (χ4v) is 17.9. The highest BCUT2D eigenvalue weighted by molar-refractivity contribution is 5.77. The lowest BCUT2D eigenvalue weighted by Crippen LogP contribution is -2.62. The third-order valence-corrected chi connectivity index (χ3v) is 26.4. The maximum atomic E-state index is 13.2. The number of epoxide rings is 4. The monoisotopic (exact) mass is 1930 g/mol. The topological polar surface area (TPSA) is 401 Å². The predicted octanol–water partition coefficient (Wildman–Crippen LogP) is 18.5. The van der Waals surface area contributed by atoms with Crippen LogP contribution in [-0.2, 0) is 85.7 Å². The van der Waals surface area contributed by atoms with Crippen molar-refractivity contribution in [2.24, 2.45) is 0 Å². The number of quaternary nitrogens is 2. The van der Waals surface area contributed by atoms with Gasteiger partial charge in [-0.2, -0.15) is 0 Å². The second kappa shape index (κ2) is 76.9. The molecule has 6 heterocycles. The molecule has 12 unspecified atom stereocenters. The van der Waals surface area contributed by atoms with Crippen molar-refractivity contribution in [3.63, 3.8) is 0 Å². The number of hydrogen-bond donors (Lipinski definition) is 8. The number of aliphatic hydroxyl groups is 4. The first kappa shape index (κ1) is 128. The molecular formula is C107H197N6O23+. The molecule has 6 fully saturated rings. The summed E-state index contributed by atoms with van der Waals surface area (Å²) in [7, 11) is 3.95. The van der Waals surface area contributed by atoms with Crippen LogP contribution in [0, 0.1) is 0 Å². The van der Waals surface area contributed by atoms with E-state index in [0.29, 0.717) is 125 Å². The van der Waals surface area contributed by atoms with Crippen LogP contribution in [0.5, 0.6) is 0 Å². The molecule has 0 radical (unpaired) electrons. The summed E-state index contributed by atoms with van der Waals surface area (Å²) in [6, 6.07) is 0. The lowest BCUT2D eigenvalue weighted by Gasteiger charge is -2.44. The first-order valence-corrected chi connectivity index (χ1v) is 52.3. The quantitative estimate of drug-likeness (QED) is 0.00533. The minimum atomic E-state index is -1.41. The van der Waals surface area contributed by atoms with Gasteiger partial charge in [-0.1, -0.05) is 253 Å². The molecule has 29 heteroatoms. The van der Waals surface area contributed by atoms with E-state index in [1.807, 2.05) is 14.1 Å². The molecule has 0 aromatic rings. The van der Waals surface area contributed by atoms with Crippen LogP contribution < -0.4 is 21.3 Å². The fraction of sp³-hybridized carbons (Fsp3) is 0.850. The number of ether oxygens (including phenoxy) is 10. The Hall–Kier alpha value is -5.80. The van der Waals surface area contributed by atoms with Crippen LogP contribution in [-0.4, -0.2) is 259 Å². The van der Waals surface area contributed by atoms with Gasteiger partial charge in [-0.3, -0.25) is 47.3 Å². The first-order valence-electron chi connectivity index (χ1n) is 52.3. The van der Waals surface area contributed by atoms with Crippen molar-refractivity contribution in [1.29, 1.82) is 0 Å². The Balaban J connectivity index is 0.00000134. The van der Waals surface area contributed by atoms with Gasteiger partial charge in [-0.15, -0.1) is 0 Å². The van der Waals surface area contributed by atoms with Crippen molar-refractivity contribution in [2.75, 3.05) is 67.1 Å². The van der Waals surface area contributed by atoms with Crippen molar-refractivity contribution in [1.82, 2.24) is 21.3 Å². The average Bonchev–Trinajstić information content (AvgIpc) is 1.44. The zero-order chi connectivity index (χ0) is 96.0. The molecule has 0 spiro atoms. The number of aliphatic hydroxyl groups excluding tert-OH is 4. The van der Waals surface area contributed by atoms with Crippen LogP contribution in [0.15, 0.2) is 48.6 Å². The molecule has 6 rings (SSSR count). The van der Waals surface area contributed by atoms with Gasteiger partial charge in [0.1, 0.15) is 37.1 Å². The van der Waals surface area contributed by atoms with Gasteiger partial charge in [0.15, 0.2) is 45.0 Å². The number of amides is 4. The van der Waals surface area contributed by atoms with Gasteiger partial charge in [0.2, 0.25) is 23.6 Å². The lowest BCUT2D eigenvalue weighted by atomic mass is 9.91. The molecule has 0 bridgehead atoms. The van der Waals surface area contributed by atoms with Crippen LogP contribution in [0.4, 0.5) is 0 Å². The van der Waals surface area contributed by atoms with Crippen LogP contribution in [0.3, 0.4) is 0 Å². The summed E-state index contributed by atoms with van der Waals surface area (Å²) >= 11 is 0. The number of allylic oxidation sites excluding steroid dienone is 4. The van der Waals surface area contributed by atoms with Gasteiger partial charge in [0, 0.05) is 53.4 Å². The first-order chi connectivity index (χ1) is 63.7. The minimum Gasteiger partial charge on any atom is -0.870 e. The van der Waals surface area contributed by atoms with Crippen molar-refractivity contribution in [2.45, 2.75) is 521 Å². The Labute approximate surface area is 822 Å². The predicted molar refractivity (Wildman–Crippen MR) is 536 cm³/mol. The van der Waals surface area contributed by atoms with Crippen LogP contribution in [0.2, 0.25) is 0 Å². The molecule has 18 atom stereocenters. The van der Waals surface area contributed by atoms with E-state index in [9.17, 15) is 58.8 Å². The standard InChI is InChI=1S/C56H95N3O13.C48H87N3O9.3CH4.H2O/c1-8-10-24-31-46-48(70-46)33-26-20-16-12-14-18-22-28-36-52(64)57-40-59(7,41-58-53(65)37-29-23-19-15-13-17-21-27-34-49-47(71-49)32-25-11-9-2)38-30-35-50-54(67-43(4)61)56(69-45(6)63)55(68-44(5)62)51(72-50)39-66-42(3)60;1-4-6-20-27-38-40(58-38)29-22-16-12-8-10-14-18-24-32-44(53)49-36-51(3,34-26-31-42-46(55)48(57)47(56)43(35-52)60-42)37-50-45(54)33-25-19-15-11-9-13-17-23-30-41-39(59-41)28-21-7-5-2;;;;/h20-21,26-27,46-51,54-56H,8-19,22-25,28-41H2,1-7H3,(H-,57,58,64,65);16-17,22-23,38-43,46-48,52,55-57H,4-15,18-21,24-37H2,1-3H3,(H-,49,50,53,54);3*1H4;1H2/p+1/t46?,47?,48?,49?,50-,51?,54?,55-,56-,59?;38?,39?,40?,41?,42-,43?,46?,47-,48+,51?;;;;/m11..../s1. The van der Waals surface area contributed by atoms with E-state index in [1.165, 1.54) is 130 Å². The number of esters is 4. The molecular weight excluding hydrogens is 1740 g/mol. The summed E-state index contributed by atoms with van der Waals surface area (Å²) in [6.07, 6.45) is 63.0. The second-order valence-corrected chi connectivity index (χ2v) is 39.0. The van der Waals surface area contributed by atoms with E-state index < -0.39 is 91.5 Å². The summed E-state index contributed by atoms with van der Waals surface area (Å²) in [5.74, 6) is -2.75. The highest BCUT2D eigenvalue weighted by Gasteiger charge is 2.52. The van der Waals surface area contributed by atoms with Gasteiger partial charge in [0.05, 0.1) is 94.8 Å². The normalized spacial score (nSPS) is 25.0. The van der Waals surface area contributed by atoms with E-state index in [2.05, 4.69) is 97.6 Å². The molecule has 6 aliphatic rings. The van der Waals surface area contributed by atoms with Crippen LogP contribution in [0.25, 0.3) is 0 Å². The zero-order valence-corrected chi connectivity index (χ0v) is 83.9. The van der Waals surface area contributed by atoms with Gasteiger partial charge in [0.25, 0.3) is 0 Å². The van der Waals surface area contributed by atoms with Crippen molar-refractivity contribution >= 4 is 47.5 Å². The van der Waals surface area contributed by atoms with E-state index >= 15 is 0 Å². The molecule has 0 saturated carbocycles. The Bertz CT molecular complexity index is 3140. The number of nitrogens with one attached hydrogen (secondary N) is 4. The fourth-order valence-electron chi connectivity index (χ4n) is 17.9. The second-order valence-electron chi connectivity index (χ2n) is 39.0. The third-order valence-electron chi connectivity index (χ3n) is 26.4. The summed E-state index contributed by atoms with van der Waals surface area (Å²) < 4.78 is 57.9. The molecule has 9 N–H and O–H groups in total. The van der Waals surface area contributed by atoms with Gasteiger partial charge in [-0.05, 0) is 154 Å². The number of unbranched alkanes of at least 4 members (excludes halogenated alkanes) is 28. The Morgan fingerprint density at radius 1 is 0.294 bits per heavy atom.